The van der Waals surface area contributed by atoms with Crippen LogP contribution in [0.3, 0.4) is 0 Å². The molecule has 3 saturated heterocycles. The molecular formula is C41H62N6O11. The number of ketones is 1. The Hall–Kier alpha value is -3.71. The summed E-state index contributed by atoms with van der Waals surface area (Å²) in [5.41, 5.74) is -2.00. The van der Waals surface area contributed by atoms with Crippen molar-refractivity contribution in [3.8, 4) is 0 Å². The summed E-state index contributed by atoms with van der Waals surface area (Å²) in [5.74, 6) is -4.84. The number of imidazole rings is 1. The van der Waals surface area contributed by atoms with Crippen molar-refractivity contribution in [3.63, 3.8) is 0 Å². The predicted octanol–water partition coefficient (Wildman–Crippen LogP) is 3.16. The summed E-state index contributed by atoms with van der Waals surface area (Å²) >= 11 is 0. The molecule has 2 bridgehead atoms. The maximum atomic E-state index is 14.5. The molecule has 3 aliphatic heterocycles. The molecule has 17 heteroatoms. The summed E-state index contributed by atoms with van der Waals surface area (Å²) in [6.45, 7) is 14.7. The highest BCUT2D eigenvalue weighted by Crippen LogP contribution is 2.40. The first kappa shape index (κ1) is 45.4. The minimum atomic E-state index is -1.85. The number of hydrogen-bond acceptors (Lipinski definition) is 15. The first-order chi connectivity index (χ1) is 27.3. The van der Waals surface area contributed by atoms with Crippen LogP contribution in [0.5, 0.6) is 0 Å². The third-order valence-electron chi connectivity index (χ3n) is 11.8. The summed E-state index contributed by atoms with van der Waals surface area (Å²) in [5, 5.41) is 28.5. The van der Waals surface area contributed by atoms with Crippen molar-refractivity contribution in [2.75, 3.05) is 27.3 Å². The summed E-state index contributed by atoms with van der Waals surface area (Å²) in [4.78, 5) is 62.1. The van der Waals surface area contributed by atoms with Crippen molar-refractivity contribution in [2.45, 2.75) is 142 Å². The van der Waals surface area contributed by atoms with Crippen molar-refractivity contribution in [3.05, 3.63) is 30.4 Å². The fraction of sp³-hybridized carbons (Fsp3) is 0.732. The third kappa shape index (κ3) is 10.00. The Bertz CT molecular complexity index is 1800. The number of aromatic nitrogens is 3. The largest absolute Gasteiger partial charge is 0.459 e. The van der Waals surface area contributed by atoms with Gasteiger partial charge < -0.3 is 43.6 Å². The monoisotopic (exact) mass is 814 g/mol. The molecule has 0 saturated carbocycles. The number of esters is 1. The van der Waals surface area contributed by atoms with Gasteiger partial charge in [0.05, 0.1) is 37.1 Å². The number of nitrogens with zero attached hydrogens (tertiary/aromatic N) is 6. The molecule has 0 radical (unpaired) electrons. The second-order valence-electron chi connectivity index (χ2n) is 16.9. The SMILES string of the molecule is CC[C@H]1OC(=O)[C@H](C)C(=O)[C@H](C)[C@@H](O[C@@H]2O[C@H](C)C[C@H](N(C)C)[C@H]2O)[C@@]2(C)C[C@@H](C)C(=NC(C)=O)[C@H](C)[C@@H](OC/C(=N\OCc3cn4cccnc4n3)CO2)[C@]1(C)O. The predicted molar refractivity (Wildman–Crippen MR) is 212 cm³/mol. The van der Waals surface area contributed by atoms with Crippen LogP contribution in [0, 0.1) is 23.7 Å². The average molecular weight is 815 g/mol. The lowest BCUT2D eigenvalue weighted by atomic mass is 9.73. The Balaban J connectivity index is 1.66. The summed E-state index contributed by atoms with van der Waals surface area (Å²) in [6, 6.07) is 1.46. The van der Waals surface area contributed by atoms with Gasteiger partial charge in [-0.1, -0.05) is 32.9 Å². The van der Waals surface area contributed by atoms with E-state index in [-0.39, 0.29) is 50.5 Å². The molecule has 3 aliphatic rings. The maximum absolute atomic E-state index is 14.5. The number of carbonyl (C=O) groups is 3. The lowest BCUT2D eigenvalue weighted by Gasteiger charge is -2.47. The maximum Gasteiger partial charge on any atom is 0.316 e. The second-order valence-corrected chi connectivity index (χ2v) is 16.9. The zero-order valence-corrected chi connectivity index (χ0v) is 35.7. The third-order valence-corrected chi connectivity index (χ3v) is 11.8. The van der Waals surface area contributed by atoms with E-state index in [1.807, 2.05) is 39.0 Å². The van der Waals surface area contributed by atoms with E-state index in [1.165, 1.54) is 20.8 Å². The number of Topliss-reactive ketones (excluding diaryl/α,β-unsaturated/α-hetero) is 1. The van der Waals surface area contributed by atoms with Crippen molar-refractivity contribution in [1.29, 1.82) is 0 Å². The second kappa shape index (κ2) is 18.7. The van der Waals surface area contributed by atoms with Gasteiger partial charge in [-0.15, -0.1) is 0 Å². The van der Waals surface area contributed by atoms with Gasteiger partial charge in [-0.3, -0.25) is 18.8 Å². The van der Waals surface area contributed by atoms with Crippen molar-refractivity contribution in [2.24, 2.45) is 33.8 Å². The Morgan fingerprint density at radius 2 is 1.84 bits per heavy atom. The van der Waals surface area contributed by atoms with E-state index in [0.717, 1.165) is 0 Å². The lowest BCUT2D eigenvalue weighted by molar-refractivity contribution is -0.296. The minimum absolute atomic E-state index is 0.0146. The summed E-state index contributed by atoms with van der Waals surface area (Å²) < 4.78 is 34.2. The number of hydrogen-bond donors (Lipinski definition) is 2. The van der Waals surface area contributed by atoms with Crippen molar-refractivity contribution in [1.82, 2.24) is 19.3 Å². The smallest absolute Gasteiger partial charge is 0.316 e. The van der Waals surface area contributed by atoms with E-state index in [0.29, 0.717) is 23.6 Å². The number of amides is 1. The van der Waals surface area contributed by atoms with E-state index in [1.54, 1.807) is 50.6 Å². The fourth-order valence-corrected chi connectivity index (χ4v) is 8.74. The van der Waals surface area contributed by atoms with Crippen LogP contribution in [0.2, 0.25) is 0 Å². The van der Waals surface area contributed by atoms with Gasteiger partial charge in [0.25, 0.3) is 0 Å². The molecule has 0 aliphatic carbocycles. The first-order valence-electron chi connectivity index (χ1n) is 20.2. The number of rotatable bonds is 7. The van der Waals surface area contributed by atoms with E-state index < -0.39 is 83.2 Å². The van der Waals surface area contributed by atoms with Gasteiger partial charge in [0.15, 0.2) is 18.7 Å². The number of cyclic esters (lactones) is 1. The number of aliphatic hydroxyl groups excluding tert-OH is 1. The Morgan fingerprint density at radius 1 is 1.12 bits per heavy atom. The molecule has 2 aromatic rings. The van der Waals surface area contributed by atoms with Gasteiger partial charge in [-0.2, -0.15) is 0 Å². The van der Waals surface area contributed by atoms with E-state index in [2.05, 4.69) is 20.1 Å². The lowest BCUT2D eigenvalue weighted by Crippen LogP contribution is -2.60. The number of likely N-dealkylation sites (N-methyl/N-ethyl adjacent to an activating group) is 1. The highest BCUT2D eigenvalue weighted by atomic mass is 16.7. The van der Waals surface area contributed by atoms with E-state index in [9.17, 15) is 24.6 Å². The van der Waals surface area contributed by atoms with Crippen molar-refractivity contribution >= 4 is 34.9 Å². The number of aliphatic imine (C=N–C) groups is 1. The molecule has 5 rings (SSSR count). The van der Waals surface area contributed by atoms with Gasteiger partial charge in [0.1, 0.15) is 35.1 Å². The first-order valence-corrected chi connectivity index (χ1v) is 20.2. The van der Waals surface area contributed by atoms with Crippen LogP contribution in [0.15, 0.2) is 34.8 Å². The standard InChI is InChI=1S/C41H62N6O11/c1-12-31-41(9,52)36-24(4)32(43-27(7)48)22(2)17-40(8,54-20-29(19-53-36)45-55-21-28-18-47-15-13-14-42-39(47)44-28)35(25(5)33(49)26(6)37(51)57-31)58-38-34(50)30(46(10)11)16-23(3)56-38/h13-15,18,22-26,30-31,34-36,38,50,52H,12,16-17,19-21H2,1-11H3/b43-32?,45-29+/t22-,23-,24+,25+,26-,30+,31-,34-,35-,36-,38+,40-,41-/m1/s1. The number of fused-ring (bicyclic) bond motifs is 6. The Morgan fingerprint density at radius 3 is 2.50 bits per heavy atom. The molecule has 0 aromatic carbocycles. The Labute approximate surface area is 340 Å². The highest BCUT2D eigenvalue weighted by Gasteiger charge is 2.53. The van der Waals surface area contributed by atoms with Gasteiger partial charge >= 0.3 is 5.97 Å². The average Bonchev–Trinajstić information content (AvgIpc) is 3.58. The van der Waals surface area contributed by atoms with Gasteiger partial charge in [0.2, 0.25) is 11.7 Å². The van der Waals surface area contributed by atoms with Crippen LogP contribution in [-0.2, 0) is 49.5 Å². The van der Waals surface area contributed by atoms with Crippen LogP contribution in [0.25, 0.3) is 5.78 Å². The van der Waals surface area contributed by atoms with E-state index >= 15 is 0 Å². The number of oxime groups is 1. The molecule has 58 heavy (non-hydrogen) atoms. The van der Waals surface area contributed by atoms with Gasteiger partial charge in [-0.05, 0) is 73.0 Å². The van der Waals surface area contributed by atoms with Crippen LogP contribution in [0.1, 0.15) is 87.3 Å². The molecule has 5 heterocycles. The number of carbonyl (C=O) groups excluding carboxylic acids is 3. The Kier molecular flexibility index (Phi) is 14.6. The van der Waals surface area contributed by atoms with Gasteiger partial charge in [-0.25, -0.2) is 15.0 Å². The molecule has 13 atom stereocenters. The van der Waals surface area contributed by atoms with Crippen LogP contribution in [-0.4, -0.2) is 140 Å². The molecule has 2 N–H and O–H groups in total. The number of aliphatic hydroxyl groups is 2. The van der Waals surface area contributed by atoms with Crippen LogP contribution >= 0.6 is 0 Å². The molecule has 1 amide bonds. The molecule has 0 unspecified atom stereocenters. The normalized spacial score (nSPS) is 38.6. The molecule has 3 fully saturated rings. The summed E-state index contributed by atoms with van der Waals surface area (Å²) in [7, 11) is 3.73. The number of ether oxygens (including phenoxy) is 5. The minimum Gasteiger partial charge on any atom is -0.459 e. The molecule has 17 nitrogen and oxygen atoms in total. The zero-order valence-electron chi connectivity index (χ0n) is 35.7. The molecule has 0 spiro atoms. The summed E-state index contributed by atoms with van der Waals surface area (Å²) in [6.07, 6.45) is 0.0931. The topological polar surface area (TPSA) is 205 Å². The quantitative estimate of drug-likeness (QED) is 0.234. The van der Waals surface area contributed by atoms with Gasteiger partial charge in [0, 0.05) is 49.1 Å². The van der Waals surface area contributed by atoms with Crippen LogP contribution in [0.4, 0.5) is 0 Å². The van der Waals surface area contributed by atoms with Crippen LogP contribution < -0.4 is 0 Å². The van der Waals surface area contributed by atoms with E-state index in [4.69, 9.17) is 28.5 Å². The molecule has 2 aromatic heterocycles. The molecule has 322 valence electrons. The zero-order chi connectivity index (χ0) is 42.7. The molecular weight excluding hydrogens is 752 g/mol. The highest BCUT2D eigenvalue weighted by molar-refractivity contribution is 6.00. The fourth-order valence-electron chi connectivity index (χ4n) is 8.74. The van der Waals surface area contributed by atoms with Crippen molar-refractivity contribution < 1.29 is 53.1 Å².